The van der Waals surface area contributed by atoms with E-state index >= 15 is 0 Å². The number of methoxy groups -OCH3 is 1. The number of benzene rings is 1. The highest BCUT2D eigenvalue weighted by molar-refractivity contribution is 5.94. The summed E-state index contributed by atoms with van der Waals surface area (Å²) in [6.45, 7) is 8.20. The van der Waals surface area contributed by atoms with Crippen molar-refractivity contribution < 1.29 is 14.3 Å². The van der Waals surface area contributed by atoms with E-state index in [1.54, 1.807) is 0 Å². The molecule has 0 saturated carbocycles. The van der Waals surface area contributed by atoms with Crippen LogP contribution in [0.15, 0.2) is 24.3 Å². The van der Waals surface area contributed by atoms with Gasteiger partial charge in [0.2, 0.25) is 0 Å². The quantitative estimate of drug-likeness (QED) is 0.759. The summed E-state index contributed by atoms with van der Waals surface area (Å²) in [6.07, 6.45) is 3.91. The van der Waals surface area contributed by atoms with Gasteiger partial charge in [0.1, 0.15) is 6.04 Å². The van der Waals surface area contributed by atoms with E-state index < -0.39 is 0 Å². The summed E-state index contributed by atoms with van der Waals surface area (Å²) in [5.74, 6) is -0.267. The van der Waals surface area contributed by atoms with Crippen molar-refractivity contribution in [1.82, 2.24) is 15.1 Å². The molecule has 2 heterocycles. The second kappa shape index (κ2) is 9.52. The SMILES string of the molecule is CCCN1CCC(N2C[C@H](NC(=O)c3ccc(C)cc3)C[C@H]2C(=O)OC)CC1. The zero-order valence-corrected chi connectivity index (χ0v) is 17.3. The van der Waals surface area contributed by atoms with Gasteiger partial charge in [-0.15, -0.1) is 0 Å². The number of nitrogens with one attached hydrogen (secondary N) is 1. The number of esters is 1. The Bertz CT molecular complexity index is 668. The second-order valence-corrected chi connectivity index (χ2v) is 8.08. The Hall–Kier alpha value is -1.92. The van der Waals surface area contributed by atoms with Gasteiger partial charge in [0.25, 0.3) is 5.91 Å². The third-order valence-corrected chi connectivity index (χ3v) is 6.03. The smallest absolute Gasteiger partial charge is 0.323 e. The van der Waals surface area contributed by atoms with Gasteiger partial charge in [-0.05, 0) is 64.4 Å². The van der Waals surface area contributed by atoms with Crippen LogP contribution in [0, 0.1) is 6.92 Å². The van der Waals surface area contributed by atoms with E-state index in [-0.39, 0.29) is 24.0 Å². The molecule has 6 nitrogen and oxygen atoms in total. The number of nitrogens with zero attached hydrogens (tertiary/aromatic N) is 2. The minimum atomic E-state index is -0.268. The molecule has 1 N–H and O–H groups in total. The fourth-order valence-corrected chi connectivity index (χ4v) is 4.50. The van der Waals surface area contributed by atoms with E-state index in [0.717, 1.165) is 38.0 Å². The van der Waals surface area contributed by atoms with Crippen LogP contribution in [0.5, 0.6) is 0 Å². The first-order valence-electron chi connectivity index (χ1n) is 10.4. The Kier molecular flexibility index (Phi) is 7.08. The van der Waals surface area contributed by atoms with Gasteiger partial charge in [0, 0.05) is 24.2 Å². The molecular formula is C22H33N3O3. The molecule has 2 fully saturated rings. The molecule has 28 heavy (non-hydrogen) atoms. The number of carbonyl (C=O) groups excluding carboxylic acids is 2. The van der Waals surface area contributed by atoms with Crippen molar-refractivity contribution in [2.24, 2.45) is 0 Å². The van der Waals surface area contributed by atoms with Crippen molar-refractivity contribution in [2.45, 2.75) is 57.7 Å². The summed E-state index contributed by atoms with van der Waals surface area (Å²) >= 11 is 0. The van der Waals surface area contributed by atoms with E-state index in [9.17, 15) is 9.59 Å². The van der Waals surface area contributed by atoms with Crippen molar-refractivity contribution >= 4 is 11.9 Å². The van der Waals surface area contributed by atoms with Gasteiger partial charge in [-0.1, -0.05) is 24.6 Å². The van der Waals surface area contributed by atoms with Gasteiger partial charge < -0.3 is 15.0 Å². The van der Waals surface area contributed by atoms with Crippen molar-refractivity contribution in [3.05, 3.63) is 35.4 Å². The Labute approximate surface area is 168 Å². The Morgan fingerprint density at radius 2 is 1.86 bits per heavy atom. The van der Waals surface area contributed by atoms with Crippen LogP contribution in [0.25, 0.3) is 0 Å². The molecule has 2 aliphatic heterocycles. The zero-order chi connectivity index (χ0) is 20.1. The largest absolute Gasteiger partial charge is 0.468 e. The van der Waals surface area contributed by atoms with Crippen LogP contribution in [0.4, 0.5) is 0 Å². The van der Waals surface area contributed by atoms with Crippen LogP contribution in [0.1, 0.15) is 48.5 Å². The van der Waals surface area contributed by atoms with Crippen molar-refractivity contribution in [3.8, 4) is 0 Å². The molecule has 154 valence electrons. The van der Waals surface area contributed by atoms with Gasteiger partial charge >= 0.3 is 5.97 Å². The normalized spacial score (nSPS) is 24.2. The third kappa shape index (κ3) is 4.92. The summed E-state index contributed by atoms with van der Waals surface area (Å²) in [5.41, 5.74) is 1.79. The predicted molar refractivity (Wildman–Crippen MR) is 109 cm³/mol. The lowest BCUT2D eigenvalue weighted by atomic mass is 10.0. The molecule has 1 aromatic carbocycles. The standard InChI is InChI=1S/C22H33N3O3/c1-4-11-24-12-9-19(10-13-24)25-15-18(14-20(25)22(27)28-3)23-21(26)17-7-5-16(2)6-8-17/h5-8,18-20H,4,9-15H2,1-3H3,(H,23,26)/t18-,20+/m1/s1. The van der Waals surface area contributed by atoms with E-state index in [1.807, 2.05) is 31.2 Å². The first kappa shape index (κ1) is 20.8. The van der Waals surface area contributed by atoms with E-state index in [4.69, 9.17) is 4.74 Å². The Morgan fingerprint density at radius 1 is 1.18 bits per heavy atom. The summed E-state index contributed by atoms with van der Waals surface area (Å²) < 4.78 is 5.06. The highest BCUT2D eigenvalue weighted by Crippen LogP contribution is 2.27. The topological polar surface area (TPSA) is 61.9 Å². The lowest BCUT2D eigenvalue weighted by Crippen LogP contribution is -2.49. The van der Waals surface area contributed by atoms with Crippen molar-refractivity contribution in [2.75, 3.05) is 33.3 Å². The molecule has 0 radical (unpaired) electrons. The maximum absolute atomic E-state index is 12.6. The van der Waals surface area contributed by atoms with E-state index in [2.05, 4.69) is 22.0 Å². The van der Waals surface area contributed by atoms with Gasteiger partial charge in [0.15, 0.2) is 0 Å². The number of likely N-dealkylation sites (tertiary alicyclic amines) is 2. The Balaban J connectivity index is 1.63. The number of hydrogen-bond donors (Lipinski definition) is 1. The minimum Gasteiger partial charge on any atom is -0.468 e. The molecule has 2 aliphatic rings. The van der Waals surface area contributed by atoms with Gasteiger partial charge in [-0.2, -0.15) is 0 Å². The third-order valence-electron chi connectivity index (χ3n) is 6.03. The number of hydrogen-bond acceptors (Lipinski definition) is 5. The zero-order valence-electron chi connectivity index (χ0n) is 17.3. The molecule has 0 unspecified atom stereocenters. The van der Waals surface area contributed by atoms with Crippen LogP contribution in [-0.4, -0.2) is 73.1 Å². The fraction of sp³-hybridized carbons (Fsp3) is 0.636. The van der Waals surface area contributed by atoms with Crippen LogP contribution in [0.3, 0.4) is 0 Å². The highest BCUT2D eigenvalue weighted by atomic mass is 16.5. The molecule has 3 rings (SSSR count). The highest BCUT2D eigenvalue weighted by Gasteiger charge is 2.42. The minimum absolute atomic E-state index is 0.0356. The molecule has 6 heteroatoms. The molecule has 2 atom stereocenters. The van der Waals surface area contributed by atoms with Crippen LogP contribution >= 0.6 is 0 Å². The number of piperidine rings is 1. The Morgan fingerprint density at radius 3 is 2.46 bits per heavy atom. The molecule has 0 aliphatic carbocycles. The van der Waals surface area contributed by atoms with Crippen molar-refractivity contribution in [3.63, 3.8) is 0 Å². The van der Waals surface area contributed by atoms with Gasteiger partial charge in [-0.25, -0.2) is 0 Å². The van der Waals surface area contributed by atoms with Crippen LogP contribution in [0.2, 0.25) is 0 Å². The monoisotopic (exact) mass is 387 g/mol. The lowest BCUT2D eigenvalue weighted by molar-refractivity contribution is -0.147. The van der Waals surface area contributed by atoms with Gasteiger partial charge in [-0.3, -0.25) is 14.5 Å². The fourth-order valence-electron chi connectivity index (χ4n) is 4.50. The van der Waals surface area contributed by atoms with E-state index in [0.29, 0.717) is 24.6 Å². The maximum Gasteiger partial charge on any atom is 0.323 e. The summed E-state index contributed by atoms with van der Waals surface area (Å²) in [4.78, 5) is 29.8. The molecule has 0 aromatic heterocycles. The summed E-state index contributed by atoms with van der Waals surface area (Å²) in [7, 11) is 1.45. The van der Waals surface area contributed by atoms with E-state index in [1.165, 1.54) is 13.5 Å². The average Bonchev–Trinajstić information content (AvgIpc) is 3.12. The summed E-state index contributed by atoms with van der Waals surface area (Å²) in [5, 5.41) is 3.12. The first-order chi connectivity index (χ1) is 13.5. The lowest BCUT2D eigenvalue weighted by Gasteiger charge is -2.38. The average molecular weight is 388 g/mol. The van der Waals surface area contributed by atoms with Gasteiger partial charge in [0.05, 0.1) is 7.11 Å². The predicted octanol–water partition coefficient (Wildman–Crippen LogP) is 2.22. The number of amides is 1. The number of rotatable bonds is 6. The molecule has 1 aromatic rings. The van der Waals surface area contributed by atoms with Crippen LogP contribution < -0.4 is 5.32 Å². The molecule has 0 spiro atoms. The molecule has 2 saturated heterocycles. The first-order valence-corrected chi connectivity index (χ1v) is 10.4. The number of ether oxygens (including phenoxy) is 1. The van der Waals surface area contributed by atoms with Crippen LogP contribution in [-0.2, 0) is 9.53 Å². The molecular weight excluding hydrogens is 354 g/mol. The number of aryl methyl sites for hydroxylation is 1. The number of carbonyl (C=O) groups is 2. The maximum atomic E-state index is 12.6. The molecule has 1 amide bonds. The van der Waals surface area contributed by atoms with Crippen molar-refractivity contribution in [1.29, 1.82) is 0 Å². The second-order valence-electron chi connectivity index (χ2n) is 8.08. The summed E-state index contributed by atoms with van der Waals surface area (Å²) in [6, 6.07) is 7.65. The molecule has 0 bridgehead atoms.